The van der Waals surface area contributed by atoms with Crippen molar-refractivity contribution in [2.24, 2.45) is 0 Å². The topological polar surface area (TPSA) is 17.1 Å². The summed E-state index contributed by atoms with van der Waals surface area (Å²) in [4.78, 5) is 10.3. The van der Waals surface area contributed by atoms with Crippen LogP contribution >= 0.6 is 38.5 Å². The fraction of sp³-hybridized carbons (Fsp3) is 0.250. The van der Waals surface area contributed by atoms with E-state index in [4.69, 9.17) is 0 Å². The van der Waals surface area contributed by atoms with Gasteiger partial charge >= 0.3 is 0 Å². The van der Waals surface area contributed by atoms with Crippen molar-refractivity contribution in [2.75, 3.05) is 0 Å². The van der Waals surface area contributed by atoms with Gasteiger partial charge in [0, 0.05) is 0 Å². The Morgan fingerprint density at radius 3 is 2.43 bits per heavy atom. The third kappa shape index (κ3) is 3.22. The van der Waals surface area contributed by atoms with E-state index in [0.29, 0.717) is 0 Å². The molecule has 0 aromatic carbocycles. The van der Waals surface area contributed by atoms with Gasteiger partial charge in [-0.1, -0.05) is 45.1 Å². The molecule has 40 valence electrons. The lowest BCUT2D eigenvalue weighted by Crippen LogP contribution is -1.99. The second-order valence-electron chi connectivity index (χ2n) is 0.907. The molecule has 1 unspecified atom stereocenters. The molecular formula is C4H4BrIO. The van der Waals surface area contributed by atoms with Gasteiger partial charge < -0.3 is 0 Å². The number of halogens is 2. The Labute approximate surface area is 64.4 Å². The zero-order valence-electron chi connectivity index (χ0n) is 3.53. The summed E-state index contributed by atoms with van der Waals surface area (Å²) >= 11 is 5.03. The van der Waals surface area contributed by atoms with Crippen molar-refractivity contribution >= 4 is 44.3 Å². The number of ketones is 1. The number of hydrogen-bond donors (Lipinski definition) is 0. The van der Waals surface area contributed by atoms with Crippen LogP contribution in [0.2, 0.25) is 0 Å². The molecular weight excluding hydrogens is 271 g/mol. The zero-order valence-corrected chi connectivity index (χ0v) is 7.27. The molecule has 0 saturated carbocycles. The quantitative estimate of drug-likeness (QED) is 0.427. The predicted octanol–water partition coefficient (Wildman–Crippen LogP) is 1.90. The molecule has 1 atom stereocenters. The maximum Gasteiger partial charge on any atom is 0.178 e. The van der Waals surface area contributed by atoms with Crippen LogP contribution in [-0.2, 0) is 4.79 Å². The standard InChI is InChI=1S/C4H4BrIO/c1-2-3(7)4(5)6/h2,4H,1H2. The molecule has 0 amide bonds. The highest BCUT2D eigenvalue weighted by Gasteiger charge is 2.02. The molecule has 0 N–H and O–H groups in total. The molecule has 0 heterocycles. The van der Waals surface area contributed by atoms with Crippen molar-refractivity contribution in [1.29, 1.82) is 0 Å². The Morgan fingerprint density at radius 2 is 2.43 bits per heavy atom. The molecule has 0 rings (SSSR count). The minimum absolute atomic E-state index is 0.0144. The number of hydrogen-bond acceptors (Lipinski definition) is 1. The summed E-state index contributed by atoms with van der Waals surface area (Å²) in [5, 5.41) is 0. The largest absolute Gasteiger partial charge is 0.293 e. The van der Waals surface area contributed by atoms with Gasteiger partial charge in [0.2, 0.25) is 0 Å². The second kappa shape index (κ2) is 3.60. The van der Waals surface area contributed by atoms with Crippen LogP contribution in [0, 0.1) is 0 Å². The van der Waals surface area contributed by atoms with Gasteiger partial charge in [0.1, 0.15) is 2.83 Å². The summed E-state index contributed by atoms with van der Waals surface area (Å²) in [7, 11) is 0. The highest BCUT2D eigenvalue weighted by molar-refractivity contribution is 14.1. The van der Waals surface area contributed by atoms with Crippen LogP contribution in [0.25, 0.3) is 0 Å². The van der Waals surface area contributed by atoms with Crippen molar-refractivity contribution in [3.05, 3.63) is 12.7 Å². The van der Waals surface area contributed by atoms with Crippen LogP contribution in [0.4, 0.5) is 0 Å². The molecule has 0 bridgehead atoms. The minimum atomic E-state index is -0.109. The third-order valence-electron chi connectivity index (χ3n) is 0.416. The van der Waals surface area contributed by atoms with E-state index in [1.54, 1.807) is 0 Å². The number of carbonyl (C=O) groups excluding carboxylic acids is 1. The SMILES string of the molecule is C=CC(=O)C(Br)I. The Morgan fingerprint density at radius 1 is 2.00 bits per heavy atom. The molecule has 0 aliphatic heterocycles. The molecule has 0 radical (unpaired) electrons. The fourth-order valence-electron chi connectivity index (χ4n) is 0.0891. The highest BCUT2D eigenvalue weighted by atomic mass is 127. The molecule has 0 aliphatic rings. The van der Waals surface area contributed by atoms with E-state index in [1.165, 1.54) is 6.08 Å². The van der Waals surface area contributed by atoms with Crippen molar-refractivity contribution in [3.8, 4) is 0 Å². The first-order valence-electron chi connectivity index (χ1n) is 1.63. The Bertz CT molecular complexity index is 89.7. The molecule has 0 aromatic heterocycles. The summed E-state index contributed by atoms with van der Waals surface area (Å²) in [6.45, 7) is 3.30. The number of alkyl halides is 2. The third-order valence-corrected chi connectivity index (χ3v) is 1.48. The van der Waals surface area contributed by atoms with Crippen LogP contribution in [0.1, 0.15) is 0 Å². The summed E-state index contributed by atoms with van der Waals surface area (Å²) in [6.07, 6.45) is 1.30. The average Bonchev–Trinajstić information content (AvgIpc) is 1.65. The van der Waals surface area contributed by atoms with Crippen molar-refractivity contribution < 1.29 is 4.79 Å². The molecule has 0 fully saturated rings. The molecule has 0 aliphatic carbocycles. The molecule has 7 heavy (non-hydrogen) atoms. The smallest absolute Gasteiger partial charge is 0.178 e. The lowest BCUT2D eigenvalue weighted by atomic mass is 10.5. The normalized spacial score (nSPS) is 12.9. The molecule has 0 spiro atoms. The van der Waals surface area contributed by atoms with Crippen LogP contribution in [-0.4, -0.2) is 8.62 Å². The van der Waals surface area contributed by atoms with Gasteiger partial charge in [0.15, 0.2) is 5.78 Å². The Hall–Kier alpha value is 0.620. The zero-order chi connectivity index (χ0) is 5.86. The van der Waals surface area contributed by atoms with E-state index in [9.17, 15) is 4.79 Å². The molecule has 0 aromatic rings. The van der Waals surface area contributed by atoms with Gasteiger partial charge in [0.05, 0.1) is 0 Å². The van der Waals surface area contributed by atoms with E-state index in [2.05, 4.69) is 22.5 Å². The lowest BCUT2D eigenvalue weighted by molar-refractivity contribution is -0.112. The predicted molar refractivity (Wildman–Crippen MR) is 41.9 cm³/mol. The van der Waals surface area contributed by atoms with Gasteiger partial charge in [0.25, 0.3) is 0 Å². The van der Waals surface area contributed by atoms with Crippen molar-refractivity contribution in [2.45, 2.75) is 2.83 Å². The number of rotatable bonds is 2. The summed E-state index contributed by atoms with van der Waals surface area (Å²) in [5.74, 6) is 0.0144. The summed E-state index contributed by atoms with van der Waals surface area (Å²) < 4.78 is -0.109. The van der Waals surface area contributed by atoms with E-state index >= 15 is 0 Å². The number of allylic oxidation sites excluding steroid dienone is 1. The summed E-state index contributed by atoms with van der Waals surface area (Å²) in [6, 6.07) is 0. The number of carbonyl (C=O) groups is 1. The van der Waals surface area contributed by atoms with E-state index in [0.717, 1.165) is 0 Å². The van der Waals surface area contributed by atoms with E-state index in [1.807, 2.05) is 22.6 Å². The maximum atomic E-state index is 10.3. The second-order valence-corrected chi connectivity index (χ2v) is 4.78. The lowest BCUT2D eigenvalue weighted by Gasteiger charge is -1.88. The Kier molecular flexibility index (Phi) is 3.92. The van der Waals surface area contributed by atoms with Gasteiger partial charge in [-0.3, -0.25) is 4.79 Å². The molecule has 0 saturated heterocycles. The van der Waals surface area contributed by atoms with Crippen LogP contribution in [0.5, 0.6) is 0 Å². The van der Waals surface area contributed by atoms with Gasteiger partial charge in [-0.2, -0.15) is 0 Å². The van der Waals surface area contributed by atoms with Crippen molar-refractivity contribution in [1.82, 2.24) is 0 Å². The van der Waals surface area contributed by atoms with Gasteiger partial charge in [-0.15, -0.1) is 0 Å². The first kappa shape index (κ1) is 7.62. The molecule has 1 nitrogen and oxygen atoms in total. The van der Waals surface area contributed by atoms with Crippen molar-refractivity contribution in [3.63, 3.8) is 0 Å². The molecule has 3 heteroatoms. The highest BCUT2D eigenvalue weighted by Crippen LogP contribution is 2.09. The van der Waals surface area contributed by atoms with E-state index < -0.39 is 0 Å². The maximum absolute atomic E-state index is 10.3. The van der Waals surface area contributed by atoms with Crippen LogP contribution < -0.4 is 0 Å². The Balaban J connectivity index is 3.56. The minimum Gasteiger partial charge on any atom is -0.293 e. The van der Waals surface area contributed by atoms with Crippen LogP contribution in [0.15, 0.2) is 12.7 Å². The first-order chi connectivity index (χ1) is 3.18. The summed E-state index contributed by atoms with van der Waals surface area (Å²) in [5.41, 5.74) is 0. The van der Waals surface area contributed by atoms with Gasteiger partial charge in [-0.25, -0.2) is 0 Å². The van der Waals surface area contributed by atoms with Gasteiger partial charge in [-0.05, 0) is 6.08 Å². The van der Waals surface area contributed by atoms with Crippen LogP contribution in [0.3, 0.4) is 0 Å². The van der Waals surface area contributed by atoms with E-state index in [-0.39, 0.29) is 8.62 Å². The first-order valence-corrected chi connectivity index (χ1v) is 3.79. The fourth-order valence-corrected chi connectivity index (χ4v) is 0.530. The monoisotopic (exact) mass is 274 g/mol. The average molecular weight is 275 g/mol.